The highest BCUT2D eigenvalue weighted by molar-refractivity contribution is 8.00. The highest BCUT2D eigenvalue weighted by Crippen LogP contribution is 2.35. The minimum atomic E-state index is -0.670. The lowest BCUT2D eigenvalue weighted by Crippen LogP contribution is -2.24. The average molecular weight is 416 g/mol. The van der Waals surface area contributed by atoms with Gasteiger partial charge in [0.05, 0.1) is 16.6 Å². The minimum absolute atomic E-state index is 0.176. The summed E-state index contributed by atoms with van der Waals surface area (Å²) in [6, 6.07) is 22.5. The number of amides is 1. The molecule has 2 N–H and O–H groups in total. The number of nitrogens with zero attached hydrogens (tertiary/aromatic N) is 2. The molecule has 0 bridgehead atoms. The van der Waals surface area contributed by atoms with E-state index in [0.29, 0.717) is 16.1 Å². The standard InChI is InChI=1S/C24H21N3O2S/c1-15-12-16(2)14-18(13-15)27-23(29)19-10-6-7-11-20(19)26-24(27)30-21(22(25)28)17-8-4-3-5-9-17/h3-14,21H,1-2H3,(H2,25,28). The molecule has 1 aromatic heterocycles. The van der Waals surface area contributed by atoms with Crippen LogP contribution in [0.3, 0.4) is 0 Å². The van der Waals surface area contributed by atoms with Crippen LogP contribution in [0.2, 0.25) is 0 Å². The van der Waals surface area contributed by atoms with Crippen LogP contribution in [-0.2, 0) is 4.79 Å². The lowest BCUT2D eigenvalue weighted by Gasteiger charge is -2.18. The van der Waals surface area contributed by atoms with Gasteiger partial charge in [0.1, 0.15) is 5.25 Å². The molecule has 1 unspecified atom stereocenters. The number of aromatic nitrogens is 2. The van der Waals surface area contributed by atoms with Gasteiger partial charge in [0, 0.05) is 0 Å². The first-order chi connectivity index (χ1) is 14.4. The zero-order valence-corrected chi connectivity index (χ0v) is 17.5. The summed E-state index contributed by atoms with van der Waals surface area (Å²) in [5, 5.41) is 0.282. The van der Waals surface area contributed by atoms with Crippen LogP contribution in [0.15, 0.2) is 82.7 Å². The summed E-state index contributed by atoms with van der Waals surface area (Å²) in [5.41, 5.74) is 9.70. The SMILES string of the molecule is Cc1cc(C)cc(-n2c(SC(C(N)=O)c3ccccc3)nc3ccccc3c2=O)c1. The topological polar surface area (TPSA) is 78.0 Å². The Morgan fingerprint density at radius 1 is 0.967 bits per heavy atom. The van der Waals surface area contributed by atoms with Gasteiger partial charge in [0.2, 0.25) is 5.91 Å². The van der Waals surface area contributed by atoms with Crippen molar-refractivity contribution >= 4 is 28.6 Å². The molecule has 4 aromatic rings. The van der Waals surface area contributed by atoms with Crippen molar-refractivity contribution in [2.75, 3.05) is 0 Å². The lowest BCUT2D eigenvalue weighted by atomic mass is 10.1. The number of benzene rings is 3. The van der Waals surface area contributed by atoms with Gasteiger partial charge in [0.25, 0.3) is 5.56 Å². The van der Waals surface area contributed by atoms with E-state index in [9.17, 15) is 9.59 Å². The van der Waals surface area contributed by atoms with E-state index >= 15 is 0 Å². The minimum Gasteiger partial charge on any atom is -0.368 e. The maximum Gasteiger partial charge on any atom is 0.266 e. The molecule has 5 nitrogen and oxygen atoms in total. The monoisotopic (exact) mass is 415 g/mol. The molecule has 1 amide bonds. The number of hydrogen-bond donors (Lipinski definition) is 1. The van der Waals surface area contributed by atoms with Crippen molar-refractivity contribution in [3.05, 3.63) is 99.8 Å². The largest absolute Gasteiger partial charge is 0.368 e. The van der Waals surface area contributed by atoms with E-state index in [0.717, 1.165) is 22.4 Å². The normalized spacial score (nSPS) is 12.1. The number of carbonyl (C=O) groups excluding carboxylic acids is 1. The van der Waals surface area contributed by atoms with Gasteiger partial charge >= 0.3 is 0 Å². The smallest absolute Gasteiger partial charge is 0.266 e. The van der Waals surface area contributed by atoms with Crippen molar-refractivity contribution in [1.82, 2.24) is 9.55 Å². The molecule has 0 spiro atoms. The highest BCUT2D eigenvalue weighted by atomic mass is 32.2. The number of rotatable bonds is 5. The molecule has 1 heterocycles. The number of aryl methyl sites for hydroxylation is 2. The summed E-state index contributed by atoms with van der Waals surface area (Å²) in [5.74, 6) is -0.486. The molecule has 0 aliphatic carbocycles. The lowest BCUT2D eigenvalue weighted by molar-refractivity contribution is -0.117. The van der Waals surface area contributed by atoms with Crippen molar-refractivity contribution in [2.45, 2.75) is 24.3 Å². The van der Waals surface area contributed by atoms with Crippen LogP contribution in [0.1, 0.15) is 21.9 Å². The van der Waals surface area contributed by atoms with Crippen molar-refractivity contribution in [3.8, 4) is 5.69 Å². The van der Waals surface area contributed by atoms with Crippen molar-refractivity contribution in [2.24, 2.45) is 5.73 Å². The third-order valence-corrected chi connectivity index (χ3v) is 6.02. The van der Waals surface area contributed by atoms with E-state index in [4.69, 9.17) is 10.7 Å². The second-order valence-corrected chi connectivity index (χ2v) is 8.28. The zero-order valence-electron chi connectivity index (χ0n) is 16.7. The zero-order chi connectivity index (χ0) is 21.3. The maximum atomic E-state index is 13.5. The summed E-state index contributed by atoms with van der Waals surface area (Å²) in [6.45, 7) is 3.97. The molecule has 1 atom stereocenters. The van der Waals surface area contributed by atoms with Gasteiger partial charge in [-0.25, -0.2) is 4.98 Å². The third kappa shape index (κ3) is 3.86. The summed E-state index contributed by atoms with van der Waals surface area (Å²) in [6.07, 6.45) is 0. The molecule has 0 aliphatic rings. The first-order valence-electron chi connectivity index (χ1n) is 9.55. The van der Waals surface area contributed by atoms with E-state index in [-0.39, 0.29) is 5.56 Å². The van der Waals surface area contributed by atoms with Crippen LogP contribution in [0.4, 0.5) is 0 Å². The fourth-order valence-electron chi connectivity index (χ4n) is 3.52. The van der Waals surface area contributed by atoms with E-state index < -0.39 is 11.2 Å². The van der Waals surface area contributed by atoms with Gasteiger partial charge in [-0.05, 0) is 54.8 Å². The second-order valence-electron chi connectivity index (χ2n) is 7.21. The van der Waals surface area contributed by atoms with E-state index in [2.05, 4.69) is 0 Å². The van der Waals surface area contributed by atoms with Gasteiger partial charge in [-0.15, -0.1) is 0 Å². The van der Waals surface area contributed by atoms with Crippen LogP contribution in [0.5, 0.6) is 0 Å². The van der Waals surface area contributed by atoms with Crippen LogP contribution in [0.25, 0.3) is 16.6 Å². The molecule has 30 heavy (non-hydrogen) atoms. The quantitative estimate of drug-likeness (QED) is 0.389. The van der Waals surface area contributed by atoms with Crippen LogP contribution in [0, 0.1) is 13.8 Å². The first kappa shape index (κ1) is 19.9. The molecule has 0 radical (unpaired) electrons. The van der Waals surface area contributed by atoms with E-state index in [1.54, 1.807) is 16.7 Å². The Hall–Kier alpha value is -3.38. The van der Waals surface area contributed by atoms with Gasteiger partial charge in [-0.3, -0.25) is 14.2 Å². The Kier molecular flexibility index (Phi) is 5.42. The molecule has 4 rings (SSSR count). The van der Waals surface area contributed by atoms with Gasteiger partial charge in [0.15, 0.2) is 5.16 Å². The Balaban J connectivity index is 1.96. The number of thioether (sulfide) groups is 1. The van der Waals surface area contributed by atoms with Crippen LogP contribution < -0.4 is 11.3 Å². The third-order valence-electron chi connectivity index (χ3n) is 4.79. The van der Waals surface area contributed by atoms with E-state index in [1.807, 2.05) is 74.5 Å². The van der Waals surface area contributed by atoms with Gasteiger partial charge in [-0.2, -0.15) is 0 Å². The van der Waals surface area contributed by atoms with Gasteiger partial charge < -0.3 is 5.73 Å². The highest BCUT2D eigenvalue weighted by Gasteiger charge is 2.23. The summed E-state index contributed by atoms with van der Waals surface area (Å²) in [4.78, 5) is 30.5. The summed E-state index contributed by atoms with van der Waals surface area (Å²) in [7, 11) is 0. The Morgan fingerprint density at radius 2 is 1.60 bits per heavy atom. The van der Waals surface area contributed by atoms with Crippen molar-refractivity contribution < 1.29 is 4.79 Å². The Bertz CT molecular complexity index is 1280. The molecule has 0 aliphatic heterocycles. The van der Waals surface area contributed by atoms with Crippen molar-refractivity contribution in [3.63, 3.8) is 0 Å². The number of primary amides is 1. The molecular weight excluding hydrogens is 394 g/mol. The predicted molar refractivity (Wildman–Crippen MR) is 121 cm³/mol. The van der Waals surface area contributed by atoms with Crippen molar-refractivity contribution in [1.29, 1.82) is 0 Å². The number of hydrogen-bond acceptors (Lipinski definition) is 4. The molecule has 3 aromatic carbocycles. The molecule has 0 saturated carbocycles. The number of fused-ring (bicyclic) bond motifs is 1. The summed E-state index contributed by atoms with van der Waals surface area (Å²) < 4.78 is 1.58. The number of nitrogens with two attached hydrogens (primary N) is 1. The molecule has 6 heteroatoms. The number of para-hydroxylation sites is 1. The van der Waals surface area contributed by atoms with Crippen LogP contribution in [-0.4, -0.2) is 15.5 Å². The predicted octanol–water partition coefficient (Wildman–Crippen LogP) is 4.32. The van der Waals surface area contributed by atoms with Gasteiger partial charge in [-0.1, -0.05) is 60.3 Å². The Labute approximate surface area is 178 Å². The fourth-order valence-corrected chi connectivity index (χ4v) is 4.59. The first-order valence-corrected chi connectivity index (χ1v) is 10.4. The molecule has 150 valence electrons. The average Bonchev–Trinajstić information content (AvgIpc) is 2.72. The fraction of sp³-hybridized carbons (Fsp3) is 0.125. The molecule has 0 fully saturated rings. The molecular formula is C24H21N3O2S. The Morgan fingerprint density at radius 3 is 2.27 bits per heavy atom. The summed E-state index contributed by atoms with van der Waals surface area (Å²) >= 11 is 1.19. The maximum absolute atomic E-state index is 13.5. The molecule has 0 saturated heterocycles. The van der Waals surface area contributed by atoms with Crippen LogP contribution >= 0.6 is 11.8 Å². The number of carbonyl (C=O) groups is 1. The van der Waals surface area contributed by atoms with E-state index in [1.165, 1.54) is 11.8 Å². The second kappa shape index (κ2) is 8.16.